The molecule has 1 aliphatic heterocycles. The number of hydrogen-bond acceptors (Lipinski definition) is 7. The van der Waals surface area contributed by atoms with Crippen molar-refractivity contribution in [1.29, 1.82) is 0 Å². The van der Waals surface area contributed by atoms with E-state index in [1.807, 2.05) is 6.92 Å². The van der Waals surface area contributed by atoms with Gasteiger partial charge >= 0.3 is 0 Å². The van der Waals surface area contributed by atoms with Gasteiger partial charge in [-0.25, -0.2) is 22.8 Å². The largest absolute Gasteiger partial charge is 0.378 e. The number of sulfonamides is 1. The number of pyridine rings is 1. The highest BCUT2D eigenvalue weighted by molar-refractivity contribution is 7.92. The second-order valence-electron chi connectivity index (χ2n) is 7.90. The lowest BCUT2D eigenvalue weighted by Crippen LogP contribution is -2.37. The zero-order valence-corrected chi connectivity index (χ0v) is 19.9. The van der Waals surface area contributed by atoms with Crippen LogP contribution in [0.15, 0.2) is 41.7 Å². The van der Waals surface area contributed by atoms with Crippen LogP contribution < -0.4 is 9.62 Å². The van der Waals surface area contributed by atoms with Crippen molar-refractivity contribution in [2.24, 2.45) is 0 Å². The van der Waals surface area contributed by atoms with Crippen LogP contribution in [0.5, 0.6) is 0 Å². The molecule has 1 aromatic carbocycles. The molecule has 8 nitrogen and oxygen atoms in total. The normalized spacial score (nSPS) is 13.8. The molecule has 3 heterocycles. The van der Waals surface area contributed by atoms with Gasteiger partial charge in [0.1, 0.15) is 22.9 Å². The zero-order valence-electron chi connectivity index (χ0n) is 19.1. The van der Waals surface area contributed by atoms with Crippen LogP contribution in [-0.2, 0) is 14.8 Å². The van der Waals surface area contributed by atoms with Gasteiger partial charge in [-0.05, 0) is 44.5 Å². The summed E-state index contributed by atoms with van der Waals surface area (Å²) >= 11 is 0. The van der Waals surface area contributed by atoms with Crippen molar-refractivity contribution in [1.82, 2.24) is 15.0 Å². The number of nitrogens with one attached hydrogen (secondary N) is 1. The lowest BCUT2D eigenvalue weighted by atomic mass is 10.1. The Hall–Kier alpha value is -3.55. The zero-order chi connectivity index (χ0) is 24.3. The summed E-state index contributed by atoms with van der Waals surface area (Å²) in [5, 5.41) is 0. The van der Waals surface area contributed by atoms with Gasteiger partial charge in [-0.2, -0.15) is 0 Å². The molecule has 1 saturated heterocycles. The second kappa shape index (κ2) is 9.75. The van der Waals surface area contributed by atoms with Gasteiger partial charge < -0.3 is 9.64 Å². The van der Waals surface area contributed by atoms with E-state index < -0.39 is 20.7 Å². The van der Waals surface area contributed by atoms with E-state index in [-0.39, 0.29) is 5.69 Å². The SMILES string of the molecule is Cc1ccc(S(=O)(=O)Nc2cc(C#Cc3c(C)ncnc3N3CCOCC3)cnc2C)c(F)c1. The molecule has 0 atom stereocenters. The molecule has 0 radical (unpaired) electrons. The minimum absolute atomic E-state index is 0.223. The summed E-state index contributed by atoms with van der Waals surface area (Å²) in [6, 6.07) is 5.54. The molecule has 176 valence electrons. The standard InChI is InChI=1S/C24H24FN5O3S/c1-16-4-7-23(21(25)12-16)34(31,32)29-22-13-19(14-26-18(22)3)5-6-20-17(2)27-15-28-24(20)30-8-10-33-11-9-30/h4,7,12-15,29H,8-11H2,1-3H3. The van der Waals surface area contributed by atoms with Gasteiger partial charge in [0.25, 0.3) is 10.0 Å². The van der Waals surface area contributed by atoms with E-state index in [1.54, 1.807) is 32.2 Å². The first kappa shape index (κ1) is 23.6. The van der Waals surface area contributed by atoms with E-state index in [1.165, 1.54) is 18.5 Å². The Labute approximate surface area is 198 Å². The van der Waals surface area contributed by atoms with Crippen LogP contribution in [0, 0.1) is 38.4 Å². The van der Waals surface area contributed by atoms with Gasteiger partial charge in [-0.15, -0.1) is 0 Å². The maximum Gasteiger partial charge on any atom is 0.264 e. The lowest BCUT2D eigenvalue weighted by Gasteiger charge is -2.28. The number of nitrogens with zero attached hydrogens (tertiary/aromatic N) is 4. The molecule has 34 heavy (non-hydrogen) atoms. The van der Waals surface area contributed by atoms with Gasteiger partial charge in [-0.1, -0.05) is 17.9 Å². The minimum Gasteiger partial charge on any atom is -0.378 e. The number of aryl methyl sites for hydroxylation is 3. The molecule has 0 unspecified atom stereocenters. The molecule has 3 aromatic rings. The Balaban J connectivity index is 1.65. The molecule has 10 heteroatoms. The van der Waals surface area contributed by atoms with Crippen LogP contribution in [0.4, 0.5) is 15.9 Å². The van der Waals surface area contributed by atoms with E-state index in [2.05, 4.69) is 36.4 Å². The Bertz CT molecular complexity index is 1390. The molecule has 1 N–H and O–H groups in total. The molecular weight excluding hydrogens is 457 g/mol. The highest BCUT2D eigenvalue weighted by atomic mass is 32.2. The molecule has 1 fully saturated rings. The summed E-state index contributed by atoms with van der Waals surface area (Å²) in [4.78, 5) is 14.6. The smallest absolute Gasteiger partial charge is 0.264 e. The van der Waals surface area contributed by atoms with Crippen LogP contribution >= 0.6 is 0 Å². The minimum atomic E-state index is -4.15. The number of ether oxygens (including phenoxy) is 1. The van der Waals surface area contributed by atoms with Crippen molar-refractivity contribution in [3.63, 3.8) is 0 Å². The van der Waals surface area contributed by atoms with Gasteiger partial charge in [-0.3, -0.25) is 9.71 Å². The van der Waals surface area contributed by atoms with Crippen molar-refractivity contribution in [3.05, 3.63) is 70.7 Å². The summed E-state index contributed by atoms with van der Waals surface area (Å²) in [6.45, 7) is 7.85. The number of anilines is 2. The summed E-state index contributed by atoms with van der Waals surface area (Å²) in [5.41, 5.74) is 3.21. The number of rotatable bonds is 4. The van der Waals surface area contributed by atoms with E-state index in [0.717, 1.165) is 11.5 Å². The molecule has 0 spiro atoms. The highest BCUT2D eigenvalue weighted by Crippen LogP contribution is 2.23. The fraction of sp³-hybridized carbons (Fsp3) is 0.292. The molecule has 2 aromatic heterocycles. The average Bonchev–Trinajstić information content (AvgIpc) is 2.80. The number of hydrogen-bond donors (Lipinski definition) is 1. The fourth-order valence-corrected chi connectivity index (χ4v) is 4.65. The van der Waals surface area contributed by atoms with Crippen LogP contribution in [0.3, 0.4) is 0 Å². The monoisotopic (exact) mass is 481 g/mol. The molecular formula is C24H24FN5O3S. The molecule has 0 amide bonds. The Morgan fingerprint density at radius 2 is 1.79 bits per heavy atom. The summed E-state index contributed by atoms with van der Waals surface area (Å²) in [6.07, 6.45) is 3.07. The molecule has 4 rings (SSSR count). The predicted octanol–water partition coefficient (Wildman–Crippen LogP) is 2.97. The van der Waals surface area contributed by atoms with Crippen LogP contribution in [0.2, 0.25) is 0 Å². The maximum atomic E-state index is 14.3. The first-order chi connectivity index (χ1) is 16.2. The highest BCUT2D eigenvalue weighted by Gasteiger charge is 2.21. The first-order valence-electron chi connectivity index (χ1n) is 10.7. The van der Waals surface area contributed by atoms with Gasteiger partial charge in [0, 0.05) is 24.8 Å². The quantitative estimate of drug-likeness (QED) is 0.572. The third kappa shape index (κ3) is 5.16. The topological polar surface area (TPSA) is 97.3 Å². The third-order valence-corrected chi connectivity index (χ3v) is 6.77. The fourth-order valence-electron chi connectivity index (χ4n) is 3.49. The van der Waals surface area contributed by atoms with Crippen molar-refractivity contribution >= 4 is 21.5 Å². The van der Waals surface area contributed by atoms with Crippen molar-refractivity contribution < 1.29 is 17.5 Å². The van der Waals surface area contributed by atoms with E-state index in [9.17, 15) is 12.8 Å². The van der Waals surface area contributed by atoms with E-state index in [0.29, 0.717) is 48.7 Å². The number of benzene rings is 1. The lowest BCUT2D eigenvalue weighted by molar-refractivity contribution is 0.122. The number of halogens is 1. The van der Waals surface area contributed by atoms with E-state index >= 15 is 0 Å². The summed E-state index contributed by atoms with van der Waals surface area (Å²) in [7, 11) is -4.15. The van der Waals surface area contributed by atoms with Gasteiger partial charge in [0.15, 0.2) is 0 Å². The first-order valence-corrected chi connectivity index (χ1v) is 12.1. The van der Waals surface area contributed by atoms with Crippen LogP contribution in [0.1, 0.15) is 28.1 Å². The van der Waals surface area contributed by atoms with Crippen molar-refractivity contribution in [2.75, 3.05) is 35.9 Å². The van der Waals surface area contributed by atoms with Crippen molar-refractivity contribution in [2.45, 2.75) is 25.7 Å². The summed E-state index contributed by atoms with van der Waals surface area (Å²) in [5.74, 6) is 6.07. The summed E-state index contributed by atoms with van der Waals surface area (Å²) < 4.78 is 47.7. The molecule has 1 aliphatic rings. The molecule has 0 aliphatic carbocycles. The second-order valence-corrected chi connectivity index (χ2v) is 9.55. The van der Waals surface area contributed by atoms with Crippen LogP contribution in [0.25, 0.3) is 0 Å². The molecule has 0 saturated carbocycles. The molecule has 0 bridgehead atoms. The Morgan fingerprint density at radius 3 is 2.53 bits per heavy atom. The number of aromatic nitrogens is 3. The predicted molar refractivity (Wildman–Crippen MR) is 127 cm³/mol. The third-order valence-electron chi connectivity index (χ3n) is 5.37. The Morgan fingerprint density at radius 1 is 1.03 bits per heavy atom. The number of morpholine rings is 1. The van der Waals surface area contributed by atoms with Crippen LogP contribution in [-0.4, -0.2) is 49.7 Å². The van der Waals surface area contributed by atoms with Gasteiger partial charge in [0.2, 0.25) is 0 Å². The Kier molecular flexibility index (Phi) is 6.77. The maximum absolute atomic E-state index is 14.3. The van der Waals surface area contributed by atoms with Gasteiger partial charge in [0.05, 0.1) is 35.9 Å². The average molecular weight is 482 g/mol. The van der Waals surface area contributed by atoms with Crippen molar-refractivity contribution in [3.8, 4) is 11.8 Å². The van der Waals surface area contributed by atoms with E-state index in [4.69, 9.17) is 4.74 Å².